The van der Waals surface area contributed by atoms with Gasteiger partial charge in [0.1, 0.15) is 0 Å². The fourth-order valence-corrected chi connectivity index (χ4v) is 3.88. The number of carbonyl (C=O) groups excluding carboxylic acids is 1. The number of aromatic nitrogens is 2. The largest absolute Gasteiger partial charge is 0.493 e. The first-order valence-corrected chi connectivity index (χ1v) is 10.3. The van der Waals surface area contributed by atoms with E-state index >= 15 is 0 Å². The molecular weight excluding hydrogens is 388 g/mol. The summed E-state index contributed by atoms with van der Waals surface area (Å²) in [5.74, 6) is 3.76. The Morgan fingerprint density at radius 1 is 1.17 bits per heavy atom. The number of ether oxygens (including phenoxy) is 3. The minimum absolute atomic E-state index is 0.154. The fourth-order valence-electron chi connectivity index (χ4n) is 3.88. The van der Waals surface area contributed by atoms with E-state index in [4.69, 9.17) is 18.7 Å². The second-order valence-corrected chi connectivity index (χ2v) is 7.82. The van der Waals surface area contributed by atoms with Crippen molar-refractivity contribution < 1.29 is 23.5 Å². The zero-order valence-corrected chi connectivity index (χ0v) is 17.6. The van der Waals surface area contributed by atoms with Crippen LogP contribution in [0.5, 0.6) is 17.2 Å². The number of methoxy groups -OCH3 is 3. The quantitative estimate of drug-likeness (QED) is 0.738. The third-order valence-corrected chi connectivity index (χ3v) is 5.61. The average molecular weight is 416 g/mol. The summed E-state index contributed by atoms with van der Waals surface area (Å²) in [5.41, 5.74) is 0.586. The molecule has 0 radical (unpaired) electrons. The van der Waals surface area contributed by atoms with E-state index < -0.39 is 0 Å². The lowest BCUT2D eigenvalue weighted by atomic mass is 9.95. The van der Waals surface area contributed by atoms with Crippen molar-refractivity contribution in [2.45, 2.75) is 38.0 Å². The van der Waals surface area contributed by atoms with Crippen molar-refractivity contribution in [3.8, 4) is 17.2 Å². The highest BCUT2D eigenvalue weighted by molar-refractivity contribution is 5.90. The van der Waals surface area contributed by atoms with E-state index in [2.05, 4.69) is 15.5 Å². The molecule has 1 aromatic carbocycles. The number of hydrogen-bond acceptors (Lipinski definition) is 7. The molecule has 0 spiro atoms. The molecule has 1 N–H and O–H groups in total. The minimum Gasteiger partial charge on any atom is -0.493 e. The second kappa shape index (κ2) is 8.81. The van der Waals surface area contributed by atoms with Crippen LogP contribution in [0.3, 0.4) is 0 Å². The zero-order valence-electron chi connectivity index (χ0n) is 17.6. The van der Waals surface area contributed by atoms with Crippen LogP contribution in [0, 0.1) is 5.92 Å². The van der Waals surface area contributed by atoms with E-state index in [0.29, 0.717) is 60.2 Å². The number of piperidine rings is 1. The normalized spacial score (nSPS) is 18.8. The number of benzene rings is 1. The maximum atomic E-state index is 12.9. The minimum atomic E-state index is -0.154. The molecule has 1 saturated carbocycles. The molecule has 2 aliphatic rings. The first-order valence-electron chi connectivity index (χ1n) is 10.3. The Balaban J connectivity index is 1.39. The van der Waals surface area contributed by atoms with Gasteiger partial charge < -0.3 is 29.0 Å². The SMILES string of the molecule is COc1cc(NC(=O)N2CCCC(Cc3nc(C4CC4)no3)C2)cc(OC)c1OC. The standard InChI is InChI=1S/C21H28N4O5/c1-27-16-10-15(11-17(28-2)19(16)29-3)22-21(26)25-8-4-5-13(12-25)9-18-23-20(24-30-18)14-6-7-14/h10-11,13-14H,4-9,12H2,1-3H3,(H,22,26). The van der Waals surface area contributed by atoms with E-state index in [-0.39, 0.29) is 6.03 Å². The average Bonchev–Trinajstić information content (AvgIpc) is 3.52. The Hall–Kier alpha value is -2.97. The van der Waals surface area contributed by atoms with Crippen LogP contribution in [-0.4, -0.2) is 55.5 Å². The van der Waals surface area contributed by atoms with Crippen LogP contribution in [0.15, 0.2) is 16.7 Å². The molecule has 2 amide bonds. The first-order chi connectivity index (χ1) is 14.6. The maximum absolute atomic E-state index is 12.9. The molecule has 162 valence electrons. The highest BCUT2D eigenvalue weighted by Crippen LogP contribution is 2.40. The topological polar surface area (TPSA) is 99.0 Å². The lowest BCUT2D eigenvalue weighted by Gasteiger charge is -2.32. The summed E-state index contributed by atoms with van der Waals surface area (Å²) in [6.07, 6.45) is 4.98. The van der Waals surface area contributed by atoms with Gasteiger partial charge >= 0.3 is 6.03 Å². The third kappa shape index (κ3) is 4.44. The van der Waals surface area contributed by atoms with Crippen molar-refractivity contribution in [1.82, 2.24) is 15.0 Å². The van der Waals surface area contributed by atoms with Gasteiger partial charge in [0.05, 0.1) is 27.0 Å². The summed E-state index contributed by atoms with van der Waals surface area (Å²) < 4.78 is 21.5. The number of amides is 2. The van der Waals surface area contributed by atoms with Gasteiger partial charge in [-0.15, -0.1) is 0 Å². The number of likely N-dealkylation sites (tertiary alicyclic amines) is 1. The fraction of sp³-hybridized carbons (Fsp3) is 0.571. The Bertz CT molecular complexity index is 870. The van der Waals surface area contributed by atoms with Crippen LogP contribution in [-0.2, 0) is 6.42 Å². The van der Waals surface area contributed by atoms with Crippen molar-refractivity contribution in [1.29, 1.82) is 0 Å². The van der Waals surface area contributed by atoms with Gasteiger partial charge in [-0.25, -0.2) is 4.79 Å². The Morgan fingerprint density at radius 2 is 1.90 bits per heavy atom. The van der Waals surface area contributed by atoms with Crippen molar-refractivity contribution in [2.24, 2.45) is 5.92 Å². The number of carbonyl (C=O) groups is 1. The number of anilines is 1. The lowest BCUT2D eigenvalue weighted by molar-refractivity contribution is 0.173. The summed E-state index contributed by atoms with van der Waals surface area (Å²) >= 11 is 0. The van der Waals surface area contributed by atoms with Crippen molar-refractivity contribution >= 4 is 11.7 Å². The molecular formula is C21H28N4O5. The predicted molar refractivity (Wildman–Crippen MR) is 109 cm³/mol. The third-order valence-electron chi connectivity index (χ3n) is 5.61. The van der Waals surface area contributed by atoms with Gasteiger partial charge in [0.25, 0.3) is 0 Å². The van der Waals surface area contributed by atoms with Crippen LogP contribution in [0.1, 0.15) is 43.3 Å². The van der Waals surface area contributed by atoms with Crippen molar-refractivity contribution in [3.63, 3.8) is 0 Å². The van der Waals surface area contributed by atoms with E-state index in [0.717, 1.165) is 31.5 Å². The molecule has 1 aromatic heterocycles. The van der Waals surface area contributed by atoms with Crippen LogP contribution >= 0.6 is 0 Å². The molecule has 2 aromatic rings. The Morgan fingerprint density at radius 3 is 2.53 bits per heavy atom. The van der Waals surface area contributed by atoms with E-state index in [1.807, 2.05) is 4.90 Å². The first kappa shape index (κ1) is 20.3. The van der Waals surface area contributed by atoms with Crippen molar-refractivity contribution in [2.75, 3.05) is 39.7 Å². The summed E-state index contributed by atoms with van der Waals surface area (Å²) in [6.45, 7) is 1.36. The molecule has 1 aliphatic heterocycles. The molecule has 1 unspecified atom stereocenters. The van der Waals surface area contributed by atoms with Crippen LogP contribution < -0.4 is 19.5 Å². The van der Waals surface area contributed by atoms with Crippen LogP contribution in [0.4, 0.5) is 10.5 Å². The smallest absolute Gasteiger partial charge is 0.321 e. The lowest BCUT2D eigenvalue weighted by Crippen LogP contribution is -2.42. The van der Waals surface area contributed by atoms with Gasteiger partial charge in [0.15, 0.2) is 17.3 Å². The van der Waals surface area contributed by atoms with Gasteiger partial charge in [-0.3, -0.25) is 0 Å². The van der Waals surface area contributed by atoms with E-state index in [1.165, 1.54) is 0 Å². The molecule has 4 rings (SSSR count). The van der Waals surface area contributed by atoms with Gasteiger partial charge in [0.2, 0.25) is 11.6 Å². The van der Waals surface area contributed by atoms with Gasteiger partial charge in [-0.05, 0) is 31.6 Å². The number of hydrogen-bond donors (Lipinski definition) is 1. The monoisotopic (exact) mass is 416 g/mol. The second-order valence-electron chi connectivity index (χ2n) is 7.82. The number of rotatable bonds is 7. The molecule has 2 heterocycles. The molecule has 1 atom stereocenters. The van der Waals surface area contributed by atoms with Crippen LogP contribution in [0.2, 0.25) is 0 Å². The van der Waals surface area contributed by atoms with E-state index in [9.17, 15) is 4.79 Å². The van der Waals surface area contributed by atoms with Gasteiger partial charge in [-0.1, -0.05) is 5.16 Å². The highest BCUT2D eigenvalue weighted by Gasteiger charge is 2.30. The molecule has 1 saturated heterocycles. The molecule has 2 fully saturated rings. The predicted octanol–water partition coefficient (Wildman–Crippen LogP) is 3.46. The zero-order chi connectivity index (χ0) is 21.1. The summed E-state index contributed by atoms with van der Waals surface area (Å²) in [4.78, 5) is 19.2. The molecule has 9 heteroatoms. The number of nitrogens with one attached hydrogen (secondary N) is 1. The van der Waals surface area contributed by atoms with Gasteiger partial charge in [0, 0.05) is 37.6 Å². The summed E-state index contributed by atoms with van der Waals surface area (Å²) in [7, 11) is 4.64. The number of nitrogens with zero attached hydrogens (tertiary/aromatic N) is 3. The van der Waals surface area contributed by atoms with Crippen LogP contribution in [0.25, 0.3) is 0 Å². The maximum Gasteiger partial charge on any atom is 0.321 e. The van der Waals surface area contributed by atoms with Crippen molar-refractivity contribution in [3.05, 3.63) is 23.8 Å². The molecule has 1 aliphatic carbocycles. The Kier molecular flexibility index (Phi) is 5.96. The van der Waals surface area contributed by atoms with E-state index in [1.54, 1.807) is 33.5 Å². The van der Waals surface area contributed by atoms with Gasteiger partial charge in [-0.2, -0.15) is 4.98 Å². The molecule has 0 bridgehead atoms. The highest BCUT2D eigenvalue weighted by atomic mass is 16.5. The summed E-state index contributed by atoms with van der Waals surface area (Å²) in [6, 6.07) is 3.29. The molecule has 9 nitrogen and oxygen atoms in total. The summed E-state index contributed by atoms with van der Waals surface area (Å²) in [5, 5.41) is 7.03. The number of urea groups is 1. The molecule has 30 heavy (non-hydrogen) atoms. The Labute approximate surface area is 175 Å².